The van der Waals surface area contributed by atoms with Crippen LogP contribution in [-0.2, 0) is 0 Å². The van der Waals surface area contributed by atoms with Crippen molar-refractivity contribution in [1.29, 1.82) is 0 Å². The SMILES string of the molecule is CCOc1ccccc1Nc1ccnc(C(=O)N2CCN(C)CC2)c1. The Bertz CT molecular complexity index is 727. The normalized spacial score (nSPS) is 15.0. The van der Waals surface area contributed by atoms with Crippen LogP contribution in [0.2, 0.25) is 0 Å². The zero-order valence-electron chi connectivity index (χ0n) is 14.7. The van der Waals surface area contributed by atoms with Crippen LogP contribution in [0.1, 0.15) is 17.4 Å². The first-order valence-electron chi connectivity index (χ1n) is 8.60. The Hall–Kier alpha value is -2.60. The highest BCUT2D eigenvalue weighted by atomic mass is 16.5. The van der Waals surface area contributed by atoms with Gasteiger partial charge in [0.25, 0.3) is 5.91 Å². The lowest BCUT2D eigenvalue weighted by Crippen LogP contribution is -2.47. The molecule has 1 aromatic heterocycles. The maximum Gasteiger partial charge on any atom is 0.272 e. The average molecular weight is 340 g/mol. The quantitative estimate of drug-likeness (QED) is 0.907. The monoisotopic (exact) mass is 340 g/mol. The van der Waals surface area contributed by atoms with Crippen molar-refractivity contribution in [3.8, 4) is 5.75 Å². The first-order chi connectivity index (χ1) is 12.2. The number of nitrogens with one attached hydrogen (secondary N) is 1. The average Bonchev–Trinajstić information content (AvgIpc) is 2.64. The Morgan fingerprint density at radius 1 is 1.20 bits per heavy atom. The molecule has 6 nitrogen and oxygen atoms in total. The van der Waals surface area contributed by atoms with Gasteiger partial charge in [-0.1, -0.05) is 12.1 Å². The number of likely N-dealkylation sites (N-methyl/N-ethyl adjacent to an activating group) is 1. The maximum absolute atomic E-state index is 12.7. The van der Waals surface area contributed by atoms with Crippen molar-refractivity contribution in [2.75, 3.05) is 45.2 Å². The van der Waals surface area contributed by atoms with Gasteiger partial charge in [0, 0.05) is 38.1 Å². The van der Waals surface area contributed by atoms with E-state index in [0.717, 1.165) is 43.3 Å². The third-order valence-electron chi connectivity index (χ3n) is 4.24. The zero-order chi connectivity index (χ0) is 17.6. The van der Waals surface area contributed by atoms with E-state index in [1.807, 2.05) is 42.2 Å². The summed E-state index contributed by atoms with van der Waals surface area (Å²) in [4.78, 5) is 21.0. The van der Waals surface area contributed by atoms with Crippen molar-refractivity contribution in [3.05, 3.63) is 48.3 Å². The predicted octanol–water partition coefficient (Wildman–Crippen LogP) is 2.61. The zero-order valence-corrected chi connectivity index (χ0v) is 14.7. The second kappa shape index (κ2) is 7.98. The molecule has 2 aromatic rings. The topological polar surface area (TPSA) is 57.7 Å². The largest absolute Gasteiger partial charge is 0.492 e. The van der Waals surface area contributed by atoms with Crippen molar-refractivity contribution in [2.45, 2.75) is 6.92 Å². The number of carbonyl (C=O) groups is 1. The molecule has 0 aliphatic carbocycles. The van der Waals surface area contributed by atoms with Gasteiger partial charge in [0.15, 0.2) is 0 Å². The third kappa shape index (κ3) is 4.28. The number of rotatable bonds is 5. The van der Waals surface area contributed by atoms with Crippen molar-refractivity contribution in [1.82, 2.24) is 14.8 Å². The van der Waals surface area contributed by atoms with Gasteiger partial charge in [-0.15, -0.1) is 0 Å². The van der Waals surface area contributed by atoms with Crippen molar-refractivity contribution in [2.24, 2.45) is 0 Å². The minimum absolute atomic E-state index is 0.0187. The Balaban J connectivity index is 1.74. The molecule has 0 unspecified atom stereocenters. The molecule has 1 saturated heterocycles. The molecule has 6 heteroatoms. The number of piperazine rings is 1. The number of aromatic nitrogens is 1. The van der Waals surface area contributed by atoms with Crippen molar-refractivity contribution < 1.29 is 9.53 Å². The molecule has 2 heterocycles. The summed E-state index contributed by atoms with van der Waals surface area (Å²) in [5.41, 5.74) is 2.15. The minimum atomic E-state index is -0.0187. The summed E-state index contributed by atoms with van der Waals surface area (Å²) in [6, 6.07) is 11.4. The number of para-hydroxylation sites is 2. The highest BCUT2D eigenvalue weighted by Crippen LogP contribution is 2.27. The molecule has 0 radical (unpaired) electrons. The Morgan fingerprint density at radius 3 is 2.72 bits per heavy atom. The summed E-state index contributed by atoms with van der Waals surface area (Å²) >= 11 is 0. The molecule has 1 amide bonds. The first-order valence-corrected chi connectivity index (χ1v) is 8.60. The number of ether oxygens (including phenoxy) is 1. The van der Waals surface area contributed by atoms with Crippen LogP contribution in [-0.4, -0.2) is 60.5 Å². The van der Waals surface area contributed by atoms with Gasteiger partial charge in [-0.2, -0.15) is 0 Å². The number of carbonyl (C=O) groups excluding carboxylic acids is 1. The summed E-state index contributed by atoms with van der Waals surface area (Å²) in [7, 11) is 2.07. The molecule has 1 aliphatic heterocycles. The highest BCUT2D eigenvalue weighted by Gasteiger charge is 2.21. The van der Waals surface area contributed by atoms with E-state index < -0.39 is 0 Å². The van der Waals surface area contributed by atoms with E-state index in [4.69, 9.17) is 4.74 Å². The van der Waals surface area contributed by atoms with Crippen molar-refractivity contribution >= 4 is 17.3 Å². The number of hydrogen-bond donors (Lipinski definition) is 1. The van der Waals surface area contributed by atoms with E-state index in [0.29, 0.717) is 12.3 Å². The number of hydrogen-bond acceptors (Lipinski definition) is 5. The van der Waals surface area contributed by atoms with E-state index in [1.165, 1.54) is 0 Å². The van der Waals surface area contributed by atoms with Crippen LogP contribution in [0, 0.1) is 0 Å². The number of pyridine rings is 1. The summed E-state index contributed by atoms with van der Waals surface area (Å²) < 4.78 is 5.63. The summed E-state index contributed by atoms with van der Waals surface area (Å²) in [6.07, 6.45) is 1.66. The standard InChI is InChI=1S/C19H24N4O2/c1-3-25-18-7-5-4-6-16(18)21-15-8-9-20-17(14-15)19(24)23-12-10-22(2)11-13-23/h4-9,14H,3,10-13H2,1-2H3,(H,20,21). The molecule has 0 bridgehead atoms. The van der Waals surface area contributed by atoms with Gasteiger partial charge in [0.1, 0.15) is 11.4 Å². The molecule has 132 valence electrons. The van der Waals surface area contributed by atoms with Crippen LogP contribution >= 0.6 is 0 Å². The fourth-order valence-corrected chi connectivity index (χ4v) is 2.80. The van der Waals surface area contributed by atoms with Crippen LogP contribution in [0.25, 0.3) is 0 Å². The fraction of sp³-hybridized carbons (Fsp3) is 0.368. The van der Waals surface area contributed by atoms with Crippen LogP contribution in [0.5, 0.6) is 5.75 Å². The summed E-state index contributed by atoms with van der Waals surface area (Å²) in [5, 5.41) is 3.32. The van der Waals surface area contributed by atoms with E-state index in [1.54, 1.807) is 12.3 Å². The van der Waals surface area contributed by atoms with Crippen LogP contribution in [0.4, 0.5) is 11.4 Å². The molecule has 3 rings (SSSR count). The van der Waals surface area contributed by atoms with E-state index in [9.17, 15) is 4.79 Å². The molecule has 1 N–H and O–H groups in total. The van der Waals surface area contributed by atoms with Gasteiger partial charge in [-0.25, -0.2) is 0 Å². The summed E-state index contributed by atoms with van der Waals surface area (Å²) in [5.74, 6) is 0.767. The predicted molar refractivity (Wildman–Crippen MR) is 98.5 cm³/mol. The van der Waals surface area contributed by atoms with E-state index >= 15 is 0 Å². The lowest BCUT2D eigenvalue weighted by molar-refractivity contribution is 0.0658. The lowest BCUT2D eigenvalue weighted by atomic mass is 10.2. The molecule has 1 aliphatic rings. The summed E-state index contributed by atoms with van der Waals surface area (Å²) in [6.45, 7) is 5.82. The molecule has 0 spiro atoms. The van der Waals surface area contributed by atoms with Crippen LogP contribution in [0.15, 0.2) is 42.6 Å². The molecule has 1 fully saturated rings. The Morgan fingerprint density at radius 2 is 1.96 bits per heavy atom. The van der Waals surface area contributed by atoms with Gasteiger partial charge < -0.3 is 19.9 Å². The van der Waals surface area contributed by atoms with Crippen LogP contribution in [0.3, 0.4) is 0 Å². The highest BCUT2D eigenvalue weighted by molar-refractivity contribution is 5.93. The number of nitrogens with zero attached hydrogens (tertiary/aromatic N) is 3. The van der Waals surface area contributed by atoms with Gasteiger partial charge >= 0.3 is 0 Å². The van der Waals surface area contributed by atoms with Gasteiger partial charge in [-0.05, 0) is 38.2 Å². The second-order valence-corrected chi connectivity index (χ2v) is 6.08. The molecule has 0 atom stereocenters. The molecular formula is C19H24N4O2. The second-order valence-electron chi connectivity index (χ2n) is 6.08. The Labute approximate surface area is 148 Å². The number of anilines is 2. The molecule has 1 aromatic carbocycles. The fourth-order valence-electron chi connectivity index (χ4n) is 2.80. The molecular weight excluding hydrogens is 316 g/mol. The van der Waals surface area contributed by atoms with Gasteiger partial charge in [0.05, 0.1) is 12.3 Å². The number of benzene rings is 1. The van der Waals surface area contributed by atoms with E-state index in [-0.39, 0.29) is 5.91 Å². The van der Waals surface area contributed by atoms with Gasteiger partial charge in [0.2, 0.25) is 0 Å². The van der Waals surface area contributed by atoms with E-state index in [2.05, 4.69) is 22.2 Å². The lowest BCUT2D eigenvalue weighted by Gasteiger charge is -2.32. The Kier molecular flexibility index (Phi) is 5.50. The minimum Gasteiger partial charge on any atom is -0.492 e. The van der Waals surface area contributed by atoms with Crippen molar-refractivity contribution in [3.63, 3.8) is 0 Å². The maximum atomic E-state index is 12.7. The smallest absolute Gasteiger partial charge is 0.272 e. The number of amides is 1. The molecule has 25 heavy (non-hydrogen) atoms. The van der Waals surface area contributed by atoms with Gasteiger partial charge in [-0.3, -0.25) is 9.78 Å². The third-order valence-corrected chi connectivity index (χ3v) is 4.24. The first kappa shape index (κ1) is 17.2. The molecule has 0 saturated carbocycles. The van der Waals surface area contributed by atoms with Crippen LogP contribution < -0.4 is 10.1 Å².